The van der Waals surface area contributed by atoms with Crippen LogP contribution in [0.25, 0.3) is 10.9 Å². The van der Waals surface area contributed by atoms with E-state index < -0.39 is 0 Å². The molecule has 3 rings (SSSR count). The average molecular weight is 305 g/mol. The number of nitrogens with zero attached hydrogens (tertiary/aromatic N) is 1. The Bertz CT molecular complexity index is 553. The van der Waals surface area contributed by atoms with Crippen LogP contribution in [0.2, 0.25) is 0 Å². The van der Waals surface area contributed by atoms with E-state index in [1.54, 1.807) is 0 Å². The monoisotopic (exact) mass is 304 g/mol. The van der Waals surface area contributed by atoms with Crippen molar-refractivity contribution in [1.82, 2.24) is 9.88 Å². The lowest BCUT2D eigenvalue weighted by atomic mass is 10.1. The van der Waals surface area contributed by atoms with Crippen molar-refractivity contribution in [1.29, 1.82) is 0 Å². The van der Waals surface area contributed by atoms with Crippen molar-refractivity contribution in [3.05, 3.63) is 40.9 Å². The number of rotatable bonds is 2. The zero-order valence-electron chi connectivity index (χ0n) is 10.4. The fraction of sp³-hybridized carbons (Fsp3) is 0.400. The summed E-state index contributed by atoms with van der Waals surface area (Å²) in [6, 6.07) is 6.55. The van der Waals surface area contributed by atoms with Gasteiger partial charge in [0.1, 0.15) is 0 Å². The highest BCUT2D eigenvalue weighted by Gasteiger charge is 2.12. The lowest BCUT2D eigenvalue weighted by Gasteiger charge is -2.26. The van der Waals surface area contributed by atoms with Crippen LogP contribution in [0.3, 0.4) is 0 Å². The van der Waals surface area contributed by atoms with Gasteiger partial charge in [0, 0.05) is 34.5 Å². The number of benzene rings is 1. The Kier molecular flexibility index (Phi) is 3.44. The number of aromatic amines is 1. The molecule has 2 radical (unpaired) electrons. The van der Waals surface area contributed by atoms with Crippen LogP contribution in [-0.4, -0.2) is 23.0 Å². The lowest BCUT2D eigenvalue weighted by Crippen LogP contribution is -2.29. The van der Waals surface area contributed by atoms with E-state index in [4.69, 9.17) is 6.92 Å². The number of hydrogen-bond acceptors (Lipinski definition) is 1. The van der Waals surface area contributed by atoms with Crippen LogP contribution in [0.4, 0.5) is 0 Å². The van der Waals surface area contributed by atoms with Gasteiger partial charge in [-0.3, -0.25) is 4.90 Å². The summed E-state index contributed by atoms with van der Waals surface area (Å²) in [5.41, 5.74) is 3.17. The molecule has 94 valence electrons. The van der Waals surface area contributed by atoms with Gasteiger partial charge in [-0.2, -0.15) is 0 Å². The molecular formula is C15H17BrN2. The summed E-state index contributed by atoms with van der Waals surface area (Å²) in [6.07, 6.45) is 4.06. The molecule has 18 heavy (non-hydrogen) atoms. The fourth-order valence-electron chi connectivity index (χ4n) is 2.70. The van der Waals surface area contributed by atoms with Crippen LogP contribution in [0.1, 0.15) is 30.5 Å². The minimum Gasteiger partial charge on any atom is -0.357 e. The number of nitrogens with one attached hydrogen (secondary N) is 1. The van der Waals surface area contributed by atoms with Crippen LogP contribution in [0.5, 0.6) is 0 Å². The van der Waals surface area contributed by atoms with Gasteiger partial charge in [-0.05, 0) is 59.6 Å². The standard InChI is InChI=1S/C15H17BrN2/c1-11-15(16)13-9-12(5-6-14(13)17-11)10-18-7-3-2-4-8-18/h1,5-6,9,17H,2-4,7-8,10H2. The van der Waals surface area contributed by atoms with Crippen LogP contribution in [0.15, 0.2) is 22.7 Å². The normalized spacial score (nSPS) is 17.4. The first-order valence-corrected chi connectivity index (χ1v) is 7.31. The molecule has 0 amide bonds. The number of hydrogen-bond donors (Lipinski definition) is 1. The molecule has 0 spiro atoms. The molecule has 3 heteroatoms. The molecule has 2 nitrogen and oxygen atoms in total. The Morgan fingerprint density at radius 1 is 1.22 bits per heavy atom. The minimum absolute atomic E-state index is 0.708. The van der Waals surface area contributed by atoms with E-state index in [1.165, 1.54) is 43.3 Å². The molecule has 0 atom stereocenters. The molecule has 1 saturated heterocycles. The number of halogens is 1. The molecule has 1 fully saturated rings. The van der Waals surface area contributed by atoms with Crippen molar-refractivity contribution in [2.75, 3.05) is 13.1 Å². The molecule has 1 aliphatic heterocycles. The summed E-state index contributed by atoms with van der Waals surface area (Å²) in [6.45, 7) is 9.38. The van der Waals surface area contributed by atoms with E-state index in [-0.39, 0.29) is 0 Å². The largest absolute Gasteiger partial charge is 0.357 e. The van der Waals surface area contributed by atoms with Gasteiger partial charge >= 0.3 is 0 Å². The third kappa shape index (κ3) is 2.34. The minimum atomic E-state index is 0.708. The Balaban J connectivity index is 1.85. The Hall–Kier alpha value is -0.800. The van der Waals surface area contributed by atoms with Crippen molar-refractivity contribution in [2.45, 2.75) is 25.8 Å². The quantitative estimate of drug-likeness (QED) is 0.889. The van der Waals surface area contributed by atoms with Gasteiger partial charge in [-0.25, -0.2) is 0 Å². The average Bonchev–Trinajstić information content (AvgIpc) is 2.67. The Morgan fingerprint density at radius 2 is 2.00 bits per heavy atom. The molecule has 2 heterocycles. The zero-order chi connectivity index (χ0) is 12.5. The van der Waals surface area contributed by atoms with Crippen LogP contribution in [0, 0.1) is 6.92 Å². The van der Waals surface area contributed by atoms with Gasteiger partial charge in [0.15, 0.2) is 0 Å². The maximum atomic E-state index is 5.87. The topological polar surface area (TPSA) is 19.0 Å². The second kappa shape index (κ2) is 5.06. The molecule has 2 aromatic rings. The van der Waals surface area contributed by atoms with Crippen LogP contribution in [-0.2, 0) is 6.54 Å². The maximum absolute atomic E-state index is 5.87. The fourth-order valence-corrected chi connectivity index (χ4v) is 3.13. The van der Waals surface area contributed by atoms with E-state index in [2.05, 4.69) is 44.0 Å². The summed E-state index contributed by atoms with van der Waals surface area (Å²) in [5, 5.41) is 1.18. The predicted molar refractivity (Wildman–Crippen MR) is 78.5 cm³/mol. The van der Waals surface area contributed by atoms with Crippen molar-refractivity contribution < 1.29 is 0 Å². The Morgan fingerprint density at radius 3 is 2.78 bits per heavy atom. The molecular weight excluding hydrogens is 288 g/mol. The summed E-state index contributed by atoms with van der Waals surface area (Å²) < 4.78 is 0.984. The number of piperidine rings is 1. The molecule has 1 aromatic carbocycles. The van der Waals surface area contributed by atoms with Crippen molar-refractivity contribution >= 4 is 26.8 Å². The highest BCUT2D eigenvalue weighted by molar-refractivity contribution is 9.10. The first kappa shape index (κ1) is 12.2. The van der Waals surface area contributed by atoms with Crippen LogP contribution < -0.4 is 0 Å². The van der Waals surface area contributed by atoms with E-state index in [0.717, 1.165) is 16.5 Å². The smallest absolute Gasteiger partial charge is 0.0468 e. The molecule has 0 bridgehead atoms. The van der Waals surface area contributed by atoms with Crippen molar-refractivity contribution in [2.24, 2.45) is 0 Å². The van der Waals surface area contributed by atoms with Gasteiger partial charge in [-0.1, -0.05) is 12.5 Å². The van der Waals surface area contributed by atoms with Gasteiger partial charge in [-0.15, -0.1) is 0 Å². The highest BCUT2D eigenvalue weighted by atomic mass is 79.9. The molecule has 1 N–H and O–H groups in total. The second-order valence-corrected chi connectivity index (χ2v) is 5.86. The zero-order valence-corrected chi connectivity index (χ0v) is 12.0. The number of H-pyrrole nitrogens is 1. The molecule has 1 aromatic heterocycles. The van der Waals surface area contributed by atoms with E-state index in [0.29, 0.717) is 5.69 Å². The molecule has 0 saturated carbocycles. The van der Waals surface area contributed by atoms with Crippen molar-refractivity contribution in [3.63, 3.8) is 0 Å². The van der Waals surface area contributed by atoms with Crippen LogP contribution >= 0.6 is 15.9 Å². The number of fused-ring (bicyclic) bond motifs is 1. The summed E-state index contributed by atoms with van der Waals surface area (Å²) in [4.78, 5) is 5.71. The summed E-state index contributed by atoms with van der Waals surface area (Å²) >= 11 is 3.54. The second-order valence-electron chi connectivity index (χ2n) is 5.07. The number of likely N-dealkylation sites (tertiary alicyclic amines) is 1. The van der Waals surface area contributed by atoms with E-state index in [1.807, 2.05) is 0 Å². The summed E-state index contributed by atoms with van der Waals surface area (Å²) in [5.74, 6) is 0. The van der Waals surface area contributed by atoms with Gasteiger partial charge in [0.2, 0.25) is 0 Å². The van der Waals surface area contributed by atoms with E-state index in [9.17, 15) is 0 Å². The summed E-state index contributed by atoms with van der Waals surface area (Å²) in [7, 11) is 0. The molecule has 0 unspecified atom stereocenters. The van der Waals surface area contributed by atoms with Crippen molar-refractivity contribution in [3.8, 4) is 0 Å². The third-order valence-corrected chi connectivity index (χ3v) is 4.54. The van der Waals surface area contributed by atoms with Gasteiger partial charge < -0.3 is 4.98 Å². The Labute approximate surface area is 116 Å². The lowest BCUT2D eigenvalue weighted by molar-refractivity contribution is 0.221. The van der Waals surface area contributed by atoms with Gasteiger partial charge in [0.05, 0.1) is 0 Å². The SMILES string of the molecule is [CH]c1[nH]c2ccc(CN3CCCCC3)cc2c1Br. The van der Waals surface area contributed by atoms with E-state index >= 15 is 0 Å². The van der Waals surface area contributed by atoms with Gasteiger partial charge in [0.25, 0.3) is 0 Å². The third-order valence-electron chi connectivity index (χ3n) is 3.68. The molecule has 1 aliphatic rings. The first-order chi connectivity index (χ1) is 8.74. The number of aromatic nitrogens is 1. The maximum Gasteiger partial charge on any atom is 0.0468 e. The predicted octanol–water partition coefficient (Wildman–Crippen LogP) is 3.98. The molecule has 0 aliphatic carbocycles. The highest BCUT2D eigenvalue weighted by Crippen LogP contribution is 2.28. The first-order valence-electron chi connectivity index (χ1n) is 6.52.